The molecule has 1 aliphatic heterocycles. The van der Waals surface area contributed by atoms with Crippen molar-refractivity contribution in [3.63, 3.8) is 0 Å². The lowest BCUT2D eigenvalue weighted by atomic mass is 9.89. The predicted octanol–water partition coefficient (Wildman–Crippen LogP) is 1.89. The Morgan fingerprint density at radius 3 is 2.81 bits per heavy atom. The van der Waals surface area contributed by atoms with Crippen molar-refractivity contribution in [2.24, 2.45) is 5.73 Å². The van der Waals surface area contributed by atoms with Crippen LogP contribution in [0, 0.1) is 6.92 Å². The van der Waals surface area contributed by atoms with Crippen molar-refractivity contribution in [3.8, 4) is 5.75 Å². The second-order valence-electron chi connectivity index (χ2n) is 7.20. The summed E-state index contributed by atoms with van der Waals surface area (Å²) in [6.45, 7) is 3.13. The van der Waals surface area contributed by atoms with Crippen LogP contribution < -0.4 is 10.5 Å². The molecule has 2 N–H and O–H groups in total. The average molecular weight is 356 g/mol. The zero-order valence-electron chi connectivity index (χ0n) is 15.2. The van der Waals surface area contributed by atoms with Gasteiger partial charge in [0.15, 0.2) is 5.82 Å². The van der Waals surface area contributed by atoms with Gasteiger partial charge in [-0.25, -0.2) is 0 Å². The number of fused-ring (bicyclic) bond motifs is 1. The van der Waals surface area contributed by atoms with Gasteiger partial charge in [0.2, 0.25) is 11.8 Å². The minimum atomic E-state index is -0.961. The summed E-state index contributed by atoms with van der Waals surface area (Å²) in [6.07, 6.45) is 3.01. The topological polar surface area (TPSA) is 94.5 Å². The highest BCUT2D eigenvalue weighted by molar-refractivity contribution is 5.89. The van der Waals surface area contributed by atoms with Crippen molar-refractivity contribution in [2.75, 3.05) is 20.2 Å². The number of piperidine rings is 1. The molecule has 2 heterocycles. The Labute approximate surface area is 152 Å². The summed E-state index contributed by atoms with van der Waals surface area (Å²) >= 11 is 0. The van der Waals surface area contributed by atoms with E-state index in [9.17, 15) is 4.79 Å². The number of aryl methyl sites for hydroxylation is 1. The molecule has 7 nitrogen and oxygen atoms in total. The van der Waals surface area contributed by atoms with Gasteiger partial charge in [-0.05, 0) is 49.8 Å². The number of nitrogens with zero attached hydrogens (tertiary/aromatic N) is 3. The van der Waals surface area contributed by atoms with Gasteiger partial charge in [-0.1, -0.05) is 17.3 Å². The molecule has 1 unspecified atom stereocenters. The van der Waals surface area contributed by atoms with Gasteiger partial charge in [0.25, 0.3) is 0 Å². The van der Waals surface area contributed by atoms with E-state index in [1.807, 2.05) is 30.0 Å². The van der Waals surface area contributed by atoms with Crippen molar-refractivity contribution >= 4 is 5.91 Å². The van der Waals surface area contributed by atoms with Gasteiger partial charge in [0.05, 0.1) is 7.11 Å². The van der Waals surface area contributed by atoms with E-state index in [4.69, 9.17) is 15.0 Å². The van der Waals surface area contributed by atoms with Crippen molar-refractivity contribution in [1.82, 2.24) is 15.0 Å². The average Bonchev–Trinajstić information content (AvgIpc) is 3.26. The lowest BCUT2D eigenvalue weighted by molar-refractivity contribution is -0.138. The lowest BCUT2D eigenvalue weighted by Crippen LogP contribution is -2.53. The van der Waals surface area contributed by atoms with E-state index in [1.54, 1.807) is 7.11 Å². The second kappa shape index (κ2) is 6.39. The van der Waals surface area contributed by atoms with Crippen LogP contribution in [0.15, 0.2) is 22.7 Å². The van der Waals surface area contributed by atoms with E-state index >= 15 is 0 Å². The van der Waals surface area contributed by atoms with Crippen molar-refractivity contribution in [1.29, 1.82) is 0 Å². The van der Waals surface area contributed by atoms with Crippen LogP contribution in [0.2, 0.25) is 0 Å². The fourth-order valence-electron chi connectivity index (χ4n) is 4.20. The van der Waals surface area contributed by atoms with E-state index in [2.05, 4.69) is 10.1 Å². The fraction of sp³-hybridized carbons (Fsp3) is 0.526. The molecule has 1 amide bonds. The molecule has 7 heteroatoms. The first-order chi connectivity index (χ1) is 12.5. The van der Waals surface area contributed by atoms with Gasteiger partial charge in [-0.15, -0.1) is 0 Å². The maximum absolute atomic E-state index is 13.2. The Morgan fingerprint density at radius 2 is 2.15 bits per heavy atom. The summed E-state index contributed by atoms with van der Waals surface area (Å²) in [5.41, 5.74) is 7.63. The van der Waals surface area contributed by atoms with Crippen LogP contribution in [-0.2, 0) is 16.8 Å². The zero-order chi connectivity index (χ0) is 18.3. The van der Waals surface area contributed by atoms with E-state index in [0.29, 0.717) is 31.2 Å². The number of rotatable bonds is 3. The fourth-order valence-corrected chi connectivity index (χ4v) is 4.20. The smallest absolute Gasteiger partial charge is 0.247 e. The summed E-state index contributed by atoms with van der Waals surface area (Å²) in [6, 6.07) is 5.78. The third-order valence-electron chi connectivity index (χ3n) is 5.66. The van der Waals surface area contributed by atoms with Crippen molar-refractivity contribution < 1.29 is 14.1 Å². The summed E-state index contributed by atoms with van der Waals surface area (Å²) < 4.78 is 10.7. The lowest BCUT2D eigenvalue weighted by Gasteiger charge is -2.36. The highest BCUT2D eigenvalue weighted by Crippen LogP contribution is 2.41. The molecule has 2 aliphatic rings. The number of hydrogen-bond acceptors (Lipinski definition) is 6. The van der Waals surface area contributed by atoms with Crippen LogP contribution in [0.1, 0.15) is 48.0 Å². The molecule has 2 aromatic rings. The summed E-state index contributed by atoms with van der Waals surface area (Å²) in [5.74, 6) is 2.35. The molecule has 0 radical (unpaired) electrons. The van der Waals surface area contributed by atoms with Crippen LogP contribution in [0.4, 0.5) is 0 Å². The van der Waals surface area contributed by atoms with Crippen molar-refractivity contribution in [3.05, 3.63) is 41.0 Å². The normalized spacial score (nSPS) is 23.1. The standard InChI is InChI=1S/C19H24N4O3/c1-12-21-17(26-22-12)13-7-10-23(11-8-13)18(24)19(20)9-6-14-15(19)4-3-5-16(14)25-2/h3-5,13H,6-11,20H2,1-2H3. The van der Waals surface area contributed by atoms with E-state index in [1.165, 1.54) is 0 Å². The molecule has 1 atom stereocenters. The van der Waals surface area contributed by atoms with Crippen LogP contribution in [-0.4, -0.2) is 41.1 Å². The Kier molecular flexibility index (Phi) is 4.19. The van der Waals surface area contributed by atoms with Crippen LogP contribution >= 0.6 is 0 Å². The molecule has 0 saturated carbocycles. The number of methoxy groups -OCH3 is 1. The Balaban J connectivity index is 1.50. The Bertz CT molecular complexity index is 826. The maximum atomic E-state index is 13.2. The molecule has 1 aliphatic carbocycles. The van der Waals surface area contributed by atoms with E-state index < -0.39 is 5.54 Å². The number of ether oxygens (including phenoxy) is 1. The number of nitrogens with two attached hydrogens (primary N) is 1. The third-order valence-corrected chi connectivity index (χ3v) is 5.66. The number of benzene rings is 1. The quantitative estimate of drug-likeness (QED) is 0.902. The van der Waals surface area contributed by atoms with Crippen molar-refractivity contribution in [2.45, 2.75) is 44.1 Å². The molecule has 4 rings (SSSR count). The van der Waals surface area contributed by atoms with E-state index in [-0.39, 0.29) is 11.8 Å². The van der Waals surface area contributed by atoms with Gasteiger partial charge in [0.1, 0.15) is 11.3 Å². The second-order valence-corrected chi connectivity index (χ2v) is 7.20. The number of carbonyl (C=O) groups excluding carboxylic acids is 1. The molecule has 1 fully saturated rings. The number of hydrogen-bond donors (Lipinski definition) is 1. The number of likely N-dealkylation sites (tertiary alicyclic amines) is 1. The van der Waals surface area contributed by atoms with Crippen LogP contribution in [0.3, 0.4) is 0 Å². The third kappa shape index (κ3) is 2.67. The molecule has 1 aromatic heterocycles. The van der Waals surface area contributed by atoms with E-state index in [0.717, 1.165) is 36.1 Å². The molecular weight excluding hydrogens is 332 g/mol. The van der Waals surface area contributed by atoms with Gasteiger partial charge in [-0.3, -0.25) is 4.79 Å². The largest absolute Gasteiger partial charge is 0.496 e. The Morgan fingerprint density at radius 1 is 1.38 bits per heavy atom. The number of aromatic nitrogens is 2. The summed E-state index contributed by atoms with van der Waals surface area (Å²) in [4.78, 5) is 19.4. The Hall–Kier alpha value is -2.41. The highest BCUT2D eigenvalue weighted by atomic mass is 16.5. The molecule has 26 heavy (non-hydrogen) atoms. The molecule has 0 spiro atoms. The molecule has 138 valence electrons. The van der Waals surface area contributed by atoms with Crippen LogP contribution in [0.25, 0.3) is 0 Å². The first kappa shape index (κ1) is 17.0. The maximum Gasteiger partial charge on any atom is 0.247 e. The minimum absolute atomic E-state index is 0.00432. The first-order valence-corrected chi connectivity index (χ1v) is 9.08. The molecule has 1 saturated heterocycles. The molecular formula is C19H24N4O3. The first-order valence-electron chi connectivity index (χ1n) is 9.08. The van der Waals surface area contributed by atoms with Gasteiger partial charge < -0.3 is 19.9 Å². The monoisotopic (exact) mass is 356 g/mol. The molecule has 0 bridgehead atoms. The summed E-state index contributed by atoms with van der Waals surface area (Å²) in [7, 11) is 1.65. The minimum Gasteiger partial charge on any atom is -0.496 e. The number of carbonyl (C=O) groups is 1. The van der Waals surface area contributed by atoms with Gasteiger partial charge in [-0.2, -0.15) is 4.98 Å². The predicted molar refractivity (Wildman–Crippen MR) is 94.8 cm³/mol. The SMILES string of the molecule is COc1cccc2c1CCC2(N)C(=O)N1CCC(c2nc(C)no2)CC1. The number of amides is 1. The highest BCUT2D eigenvalue weighted by Gasteiger charge is 2.45. The zero-order valence-corrected chi connectivity index (χ0v) is 15.2. The van der Waals surface area contributed by atoms with Gasteiger partial charge in [0, 0.05) is 19.0 Å². The van der Waals surface area contributed by atoms with Crippen LogP contribution in [0.5, 0.6) is 5.75 Å². The molecule has 1 aromatic carbocycles. The van der Waals surface area contributed by atoms with Gasteiger partial charge >= 0.3 is 0 Å². The summed E-state index contributed by atoms with van der Waals surface area (Å²) in [5, 5.41) is 3.86.